The number of nitrogens with one attached hydrogen (secondary N) is 1. The average molecular weight is 384 g/mol. The molecule has 0 aliphatic carbocycles. The van der Waals surface area contributed by atoms with Crippen LogP contribution in [-0.2, 0) is 19.9 Å². The molecule has 0 amide bonds. The number of fused-ring (bicyclic) bond motifs is 4. The topological polar surface area (TPSA) is 46.1 Å². The van der Waals surface area contributed by atoms with E-state index in [9.17, 15) is 0 Å². The van der Waals surface area contributed by atoms with E-state index in [0.717, 1.165) is 43.4 Å². The molecule has 0 radical (unpaired) electrons. The fraction of sp³-hybridized carbons (Fsp3) is 0.292. The van der Waals surface area contributed by atoms with Crippen molar-refractivity contribution in [2.45, 2.75) is 25.8 Å². The van der Waals surface area contributed by atoms with Crippen LogP contribution in [0.2, 0.25) is 0 Å². The van der Waals surface area contributed by atoms with Gasteiger partial charge in [0.25, 0.3) is 0 Å². The standard InChI is InChI=1S/C24H24N4O/c1-15-25-14-22(27(15)2)28-11-9-19-18-5-3-4-6-20(18)26-23(19)24(28)17-7-8-21-16(13-17)10-12-29-21/h3-8,13-14,24,26H,9-12H2,1-2H3. The number of hydrogen-bond acceptors (Lipinski definition) is 3. The van der Waals surface area contributed by atoms with Gasteiger partial charge in [-0.05, 0) is 48.2 Å². The highest BCUT2D eigenvalue weighted by molar-refractivity contribution is 5.86. The SMILES string of the molecule is Cc1ncc(N2CCc3c([nH]c4ccccc34)C2c2ccc3c(c2)CCO3)n1C. The number of aryl methyl sites for hydroxylation is 1. The van der Waals surface area contributed by atoms with Gasteiger partial charge in [0, 0.05) is 36.6 Å². The van der Waals surface area contributed by atoms with Gasteiger partial charge in [0.1, 0.15) is 17.4 Å². The van der Waals surface area contributed by atoms with Crippen LogP contribution in [0.15, 0.2) is 48.7 Å². The van der Waals surface area contributed by atoms with Crippen LogP contribution in [0.4, 0.5) is 5.82 Å². The number of imidazole rings is 1. The van der Waals surface area contributed by atoms with E-state index in [1.54, 1.807) is 0 Å². The third-order valence-electron chi connectivity index (χ3n) is 6.55. The van der Waals surface area contributed by atoms with Gasteiger partial charge in [-0.3, -0.25) is 0 Å². The maximum absolute atomic E-state index is 5.76. The van der Waals surface area contributed by atoms with Gasteiger partial charge in [-0.1, -0.05) is 24.3 Å². The van der Waals surface area contributed by atoms with Crippen LogP contribution in [-0.4, -0.2) is 27.7 Å². The normalized spacial score (nSPS) is 18.0. The molecule has 0 bridgehead atoms. The zero-order valence-corrected chi connectivity index (χ0v) is 16.8. The van der Waals surface area contributed by atoms with Gasteiger partial charge in [-0.25, -0.2) is 4.98 Å². The average Bonchev–Trinajstić information content (AvgIpc) is 3.44. The minimum atomic E-state index is 0.131. The second kappa shape index (κ2) is 6.14. The van der Waals surface area contributed by atoms with Crippen molar-refractivity contribution in [1.82, 2.24) is 14.5 Å². The Morgan fingerprint density at radius 1 is 1.14 bits per heavy atom. The molecule has 2 aromatic heterocycles. The zero-order valence-electron chi connectivity index (χ0n) is 16.8. The quantitative estimate of drug-likeness (QED) is 0.561. The lowest BCUT2D eigenvalue weighted by Gasteiger charge is -2.37. The zero-order chi connectivity index (χ0) is 19.5. The summed E-state index contributed by atoms with van der Waals surface area (Å²) >= 11 is 0. The summed E-state index contributed by atoms with van der Waals surface area (Å²) in [4.78, 5) is 10.8. The van der Waals surface area contributed by atoms with E-state index in [2.05, 4.69) is 75.9 Å². The second-order valence-electron chi connectivity index (χ2n) is 8.10. The lowest BCUT2D eigenvalue weighted by Crippen LogP contribution is -2.37. The number of ether oxygens (including phenoxy) is 1. The van der Waals surface area contributed by atoms with Gasteiger partial charge < -0.3 is 19.2 Å². The van der Waals surface area contributed by atoms with E-state index in [1.165, 1.54) is 33.3 Å². The number of anilines is 1. The maximum atomic E-state index is 5.76. The molecule has 1 N–H and O–H groups in total. The molecule has 5 nitrogen and oxygen atoms in total. The van der Waals surface area contributed by atoms with Crippen molar-refractivity contribution < 1.29 is 4.74 Å². The van der Waals surface area contributed by atoms with Gasteiger partial charge in [-0.15, -0.1) is 0 Å². The number of nitrogens with zero attached hydrogens (tertiary/aromatic N) is 3. The highest BCUT2D eigenvalue weighted by Gasteiger charge is 2.34. The summed E-state index contributed by atoms with van der Waals surface area (Å²) in [7, 11) is 2.10. The van der Waals surface area contributed by atoms with Crippen LogP contribution in [0.3, 0.4) is 0 Å². The largest absolute Gasteiger partial charge is 0.493 e. The van der Waals surface area contributed by atoms with E-state index < -0.39 is 0 Å². The molecule has 1 unspecified atom stereocenters. The van der Waals surface area contributed by atoms with Gasteiger partial charge in [-0.2, -0.15) is 0 Å². The first kappa shape index (κ1) is 16.7. The second-order valence-corrected chi connectivity index (χ2v) is 8.10. The van der Waals surface area contributed by atoms with Crippen molar-refractivity contribution in [3.05, 3.63) is 76.9 Å². The summed E-state index contributed by atoms with van der Waals surface area (Å²) in [5.41, 5.74) is 6.58. The Labute approximate surface area is 169 Å². The van der Waals surface area contributed by atoms with Crippen LogP contribution in [0.25, 0.3) is 10.9 Å². The van der Waals surface area contributed by atoms with Gasteiger partial charge in [0.2, 0.25) is 0 Å². The van der Waals surface area contributed by atoms with Crippen molar-refractivity contribution in [2.24, 2.45) is 7.05 Å². The maximum Gasteiger partial charge on any atom is 0.129 e. The molecular weight excluding hydrogens is 360 g/mol. The van der Waals surface area contributed by atoms with Gasteiger partial charge in [0.05, 0.1) is 18.8 Å². The van der Waals surface area contributed by atoms with Crippen LogP contribution in [0.5, 0.6) is 5.75 Å². The predicted octanol–water partition coefficient (Wildman–Crippen LogP) is 4.30. The first-order valence-electron chi connectivity index (χ1n) is 10.3. The summed E-state index contributed by atoms with van der Waals surface area (Å²) in [5.74, 6) is 3.22. The summed E-state index contributed by atoms with van der Waals surface area (Å²) in [5, 5.41) is 1.35. The molecule has 0 fully saturated rings. The Bertz CT molecular complexity index is 1240. The van der Waals surface area contributed by atoms with E-state index in [-0.39, 0.29) is 6.04 Å². The first-order valence-corrected chi connectivity index (χ1v) is 10.3. The molecule has 6 rings (SSSR count). The lowest BCUT2D eigenvalue weighted by molar-refractivity contribution is 0.357. The molecular formula is C24H24N4O. The van der Waals surface area contributed by atoms with Crippen LogP contribution in [0, 0.1) is 6.92 Å². The number of aromatic amines is 1. The van der Waals surface area contributed by atoms with Crippen molar-refractivity contribution >= 4 is 16.7 Å². The Morgan fingerprint density at radius 3 is 2.90 bits per heavy atom. The summed E-state index contributed by atoms with van der Waals surface area (Å²) in [6.07, 6.45) is 4.01. The molecule has 29 heavy (non-hydrogen) atoms. The molecule has 5 heteroatoms. The van der Waals surface area contributed by atoms with Gasteiger partial charge >= 0.3 is 0 Å². The van der Waals surface area contributed by atoms with E-state index >= 15 is 0 Å². The first-order chi connectivity index (χ1) is 14.2. The molecule has 0 saturated carbocycles. The Balaban J connectivity index is 1.57. The highest BCUT2D eigenvalue weighted by Crippen LogP contribution is 2.42. The molecule has 1 atom stereocenters. The van der Waals surface area contributed by atoms with Crippen molar-refractivity contribution in [3.8, 4) is 5.75 Å². The number of aromatic nitrogens is 3. The van der Waals surface area contributed by atoms with Crippen molar-refractivity contribution in [2.75, 3.05) is 18.1 Å². The van der Waals surface area contributed by atoms with Crippen LogP contribution >= 0.6 is 0 Å². The summed E-state index contributed by atoms with van der Waals surface area (Å²) in [6, 6.07) is 15.5. The third-order valence-corrected chi connectivity index (χ3v) is 6.55. The molecule has 2 aliphatic rings. The minimum absolute atomic E-state index is 0.131. The molecule has 0 spiro atoms. The smallest absolute Gasteiger partial charge is 0.129 e. The van der Waals surface area contributed by atoms with E-state index in [0.29, 0.717) is 0 Å². The number of H-pyrrole nitrogens is 1. The number of hydrogen-bond donors (Lipinski definition) is 1. The molecule has 2 aromatic carbocycles. The molecule has 2 aliphatic heterocycles. The van der Waals surface area contributed by atoms with E-state index in [4.69, 9.17) is 4.74 Å². The summed E-state index contributed by atoms with van der Waals surface area (Å²) in [6.45, 7) is 3.81. The highest BCUT2D eigenvalue weighted by atomic mass is 16.5. The number of rotatable bonds is 2. The van der Waals surface area contributed by atoms with Gasteiger partial charge in [0.15, 0.2) is 0 Å². The van der Waals surface area contributed by atoms with Crippen LogP contribution < -0.4 is 9.64 Å². The van der Waals surface area contributed by atoms with Crippen molar-refractivity contribution in [3.63, 3.8) is 0 Å². The Kier molecular flexibility index (Phi) is 3.54. The molecule has 146 valence electrons. The van der Waals surface area contributed by atoms with Crippen molar-refractivity contribution in [1.29, 1.82) is 0 Å². The molecule has 0 saturated heterocycles. The lowest BCUT2D eigenvalue weighted by atomic mass is 9.91. The Morgan fingerprint density at radius 2 is 2.03 bits per heavy atom. The Hall–Kier alpha value is -3.21. The van der Waals surface area contributed by atoms with E-state index in [1.807, 2.05) is 6.20 Å². The minimum Gasteiger partial charge on any atom is -0.493 e. The number of para-hydroxylation sites is 1. The predicted molar refractivity (Wildman–Crippen MR) is 115 cm³/mol. The monoisotopic (exact) mass is 384 g/mol. The third kappa shape index (κ3) is 2.43. The fourth-order valence-corrected chi connectivity index (χ4v) is 4.97. The number of benzene rings is 2. The molecule has 4 aromatic rings. The summed E-state index contributed by atoms with van der Waals surface area (Å²) < 4.78 is 7.95. The van der Waals surface area contributed by atoms with Crippen LogP contribution in [0.1, 0.15) is 34.3 Å². The molecule has 4 heterocycles. The fourth-order valence-electron chi connectivity index (χ4n) is 4.97.